The Kier molecular flexibility index (Phi) is 4.88. The molecule has 0 saturated heterocycles. The molecule has 0 saturated carbocycles. The van der Waals surface area contributed by atoms with Crippen LogP contribution >= 0.6 is 11.3 Å². The first-order valence-electron chi connectivity index (χ1n) is 7.53. The molecule has 0 spiro atoms. The molecular weight excluding hydrogens is 308 g/mol. The number of rotatable bonds is 6. The first-order valence-corrected chi connectivity index (χ1v) is 8.34. The van der Waals surface area contributed by atoms with Crippen molar-refractivity contribution in [1.82, 2.24) is 4.98 Å². The van der Waals surface area contributed by atoms with Gasteiger partial charge in [0, 0.05) is 6.42 Å². The van der Waals surface area contributed by atoms with Crippen molar-refractivity contribution in [3.8, 4) is 5.75 Å². The average molecular weight is 326 g/mol. The third kappa shape index (κ3) is 4.07. The van der Waals surface area contributed by atoms with Crippen LogP contribution in [0.1, 0.15) is 18.4 Å². The van der Waals surface area contributed by atoms with Gasteiger partial charge in [-0.15, -0.1) is 0 Å². The fraction of sp³-hybridized carbons (Fsp3) is 0.222. The molecule has 0 unspecified atom stereocenters. The van der Waals surface area contributed by atoms with E-state index in [1.54, 1.807) is 7.11 Å². The van der Waals surface area contributed by atoms with Crippen molar-refractivity contribution in [3.63, 3.8) is 0 Å². The van der Waals surface area contributed by atoms with E-state index in [4.69, 9.17) is 4.74 Å². The number of benzene rings is 2. The number of hydrogen-bond donors (Lipinski definition) is 1. The molecule has 118 valence electrons. The van der Waals surface area contributed by atoms with Crippen molar-refractivity contribution in [1.29, 1.82) is 0 Å². The van der Waals surface area contributed by atoms with Crippen LogP contribution in [0, 0.1) is 0 Å². The number of thiazole rings is 1. The Hall–Kier alpha value is -2.40. The number of carbonyl (C=O) groups excluding carboxylic acids is 1. The summed E-state index contributed by atoms with van der Waals surface area (Å²) in [6, 6.07) is 15.9. The highest BCUT2D eigenvalue weighted by molar-refractivity contribution is 7.22. The lowest BCUT2D eigenvalue weighted by Crippen LogP contribution is -2.11. The highest BCUT2D eigenvalue weighted by atomic mass is 32.1. The number of ether oxygens (including phenoxy) is 1. The first-order chi connectivity index (χ1) is 11.2. The topological polar surface area (TPSA) is 51.2 Å². The van der Waals surface area contributed by atoms with Gasteiger partial charge >= 0.3 is 0 Å². The van der Waals surface area contributed by atoms with Crippen LogP contribution in [0.3, 0.4) is 0 Å². The van der Waals surface area contributed by atoms with Crippen LogP contribution in [0.4, 0.5) is 5.13 Å². The molecule has 1 N–H and O–H groups in total. The smallest absolute Gasteiger partial charge is 0.226 e. The van der Waals surface area contributed by atoms with Gasteiger partial charge in [0.15, 0.2) is 5.13 Å². The fourth-order valence-corrected chi connectivity index (χ4v) is 3.28. The van der Waals surface area contributed by atoms with Crippen molar-refractivity contribution < 1.29 is 9.53 Å². The Balaban J connectivity index is 1.55. The molecule has 0 fully saturated rings. The molecule has 0 radical (unpaired) electrons. The summed E-state index contributed by atoms with van der Waals surface area (Å²) in [7, 11) is 1.64. The number of methoxy groups -OCH3 is 1. The summed E-state index contributed by atoms with van der Waals surface area (Å²) in [4.78, 5) is 16.5. The lowest BCUT2D eigenvalue weighted by Gasteiger charge is -2.02. The van der Waals surface area contributed by atoms with Crippen LogP contribution in [0.2, 0.25) is 0 Å². The summed E-state index contributed by atoms with van der Waals surface area (Å²) in [6.07, 6.45) is 2.23. The number of nitrogens with zero attached hydrogens (tertiary/aromatic N) is 1. The van der Waals surface area contributed by atoms with E-state index in [0.29, 0.717) is 11.6 Å². The van der Waals surface area contributed by atoms with E-state index >= 15 is 0 Å². The van der Waals surface area contributed by atoms with Gasteiger partial charge in [-0.1, -0.05) is 41.7 Å². The monoisotopic (exact) mass is 326 g/mol. The number of carbonyl (C=O) groups is 1. The highest BCUT2D eigenvalue weighted by Crippen LogP contribution is 2.29. The van der Waals surface area contributed by atoms with Crippen LogP contribution in [-0.2, 0) is 11.2 Å². The molecule has 1 amide bonds. The predicted molar refractivity (Wildman–Crippen MR) is 94.2 cm³/mol. The molecule has 5 heteroatoms. The summed E-state index contributed by atoms with van der Waals surface area (Å²) in [6.45, 7) is 0. The number of aromatic nitrogens is 1. The summed E-state index contributed by atoms with van der Waals surface area (Å²) >= 11 is 1.46. The van der Waals surface area contributed by atoms with Gasteiger partial charge in [0.05, 0.1) is 17.3 Å². The molecule has 1 heterocycles. The van der Waals surface area contributed by atoms with Gasteiger partial charge in [-0.2, -0.15) is 0 Å². The Morgan fingerprint density at radius 3 is 2.83 bits per heavy atom. The number of aryl methyl sites for hydroxylation is 1. The second kappa shape index (κ2) is 7.24. The van der Waals surface area contributed by atoms with Crippen LogP contribution in [-0.4, -0.2) is 18.0 Å². The van der Waals surface area contributed by atoms with Crippen molar-refractivity contribution in [2.45, 2.75) is 19.3 Å². The van der Waals surface area contributed by atoms with E-state index < -0.39 is 0 Å². The maximum atomic E-state index is 12.0. The summed E-state index contributed by atoms with van der Waals surface area (Å²) < 4.78 is 6.20. The molecule has 3 rings (SSSR count). The molecule has 0 atom stereocenters. The second-order valence-electron chi connectivity index (χ2n) is 5.24. The largest absolute Gasteiger partial charge is 0.497 e. The maximum absolute atomic E-state index is 12.0. The zero-order valence-electron chi connectivity index (χ0n) is 12.9. The minimum Gasteiger partial charge on any atom is -0.497 e. The van der Waals surface area contributed by atoms with Crippen LogP contribution in [0.5, 0.6) is 5.75 Å². The third-order valence-electron chi connectivity index (χ3n) is 3.55. The molecule has 2 aromatic carbocycles. The number of fused-ring (bicyclic) bond motifs is 1. The molecule has 3 aromatic rings. The van der Waals surface area contributed by atoms with E-state index in [-0.39, 0.29) is 5.91 Å². The van der Waals surface area contributed by atoms with E-state index in [1.807, 2.05) is 36.4 Å². The van der Waals surface area contributed by atoms with Crippen molar-refractivity contribution in [3.05, 3.63) is 54.1 Å². The van der Waals surface area contributed by atoms with Gasteiger partial charge in [0.25, 0.3) is 0 Å². The molecule has 0 aliphatic rings. The molecule has 0 aliphatic heterocycles. The molecule has 1 aromatic heterocycles. The average Bonchev–Trinajstić information content (AvgIpc) is 2.96. The van der Waals surface area contributed by atoms with E-state index in [1.165, 1.54) is 16.9 Å². The molecule has 23 heavy (non-hydrogen) atoms. The Bertz CT molecular complexity index is 799. The number of anilines is 1. The Labute approximate surface area is 139 Å². The minimum absolute atomic E-state index is 0.00644. The van der Waals surface area contributed by atoms with Crippen molar-refractivity contribution in [2.24, 2.45) is 0 Å². The maximum Gasteiger partial charge on any atom is 0.226 e. The number of amides is 1. The van der Waals surface area contributed by atoms with E-state index in [0.717, 1.165) is 28.8 Å². The van der Waals surface area contributed by atoms with Gasteiger partial charge in [0.2, 0.25) is 5.91 Å². The SMILES string of the molecule is COc1ccc2nc(NC(=O)CCCc3ccccc3)sc2c1. The predicted octanol–water partition coefficient (Wildman–Crippen LogP) is 4.27. The van der Waals surface area contributed by atoms with Crippen molar-refractivity contribution in [2.75, 3.05) is 12.4 Å². The molecule has 0 bridgehead atoms. The van der Waals surface area contributed by atoms with E-state index in [9.17, 15) is 4.79 Å². The lowest BCUT2D eigenvalue weighted by molar-refractivity contribution is -0.116. The van der Waals surface area contributed by atoms with Crippen LogP contribution < -0.4 is 10.1 Å². The first kappa shape index (κ1) is 15.5. The minimum atomic E-state index is 0.00644. The summed E-state index contributed by atoms with van der Waals surface area (Å²) in [5, 5.41) is 3.52. The zero-order chi connectivity index (χ0) is 16.1. The highest BCUT2D eigenvalue weighted by Gasteiger charge is 2.08. The van der Waals surface area contributed by atoms with Gasteiger partial charge in [-0.3, -0.25) is 4.79 Å². The summed E-state index contributed by atoms with van der Waals surface area (Å²) in [5.41, 5.74) is 2.13. The van der Waals surface area contributed by atoms with Gasteiger partial charge in [-0.25, -0.2) is 4.98 Å². The second-order valence-corrected chi connectivity index (χ2v) is 6.27. The van der Waals surface area contributed by atoms with Crippen LogP contribution in [0.15, 0.2) is 48.5 Å². The zero-order valence-corrected chi connectivity index (χ0v) is 13.7. The third-order valence-corrected chi connectivity index (χ3v) is 4.49. The number of nitrogens with one attached hydrogen (secondary N) is 1. The molecule has 4 nitrogen and oxygen atoms in total. The summed E-state index contributed by atoms with van der Waals surface area (Å²) in [5.74, 6) is 0.800. The van der Waals surface area contributed by atoms with E-state index in [2.05, 4.69) is 22.4 Å². The quantitative estimate of drug-likeness (QED) is 0.736. The molecular formula is C18H18N2O2S. The van der Waals surface area contributed by atoms with Gasteiger partial charge in [0.1, 0.15) is 5.75 Å². The van der Waals surface area contributed by atoms with Crippen molar-refractivity contribution >= 4 is 32.6 Å². The molecule has 0 aliphatic carbocycles. The van der Waals surface area contributed by atoms with Gasteiger partial charge in [-0.05, 0) is 36.6 Å². The normalized spacial score (nSPS) is 10.7. The number of hydrogen-bond acceptors (Lipinski definition) is 4. The van der Waals surface area contributed by atoms with Gasteiger partial charge < -0.3 is 10.1 Å². The lowest BCUT2D eigenvalue weighted by atomic mass is 10.1. The Morgan fingerprint density at radius 2 is 2.04 bits per heavy atom. The standard InChI is InChI=1S/C18H18N2O2S/c1-22-14-10-11-15-16(12-14)23-18(19-15)20-17(21)9-5-8-13-6-3-2-4-7-13/h2-4,6-7,10-12H,5,8-9H2,1H3,(H,19,20,21). The fourth-order valence-electron chi connectivity index (χ4n) is 2.36. The Morgan fingerprint density at radius 1 is 1.22 bits per heavy atom. The van der Waals surface area contributed by atoms with Crippen LogP contribution in [0.25, 0.3) is 10.2 Å².